The molecule has 0 unspecified atom stereocenters. The molecule has 0 aromatic rings. The summed E-state index contributed by atoms with van der Waals surface area (Å²) in [5.74, 6) is 0. The van der Waals surface area contributed by atoms with Crippen molar-refractivity contribution in [1.29, 1.82) is 0 Å². The summed E-state index contributed by atoms with van der Waals surface area (Å²) in [4.78, 5) is 0. The van der Waals surface area contributed by atoms with Crippen molar-refractivity contribution in [3.05, 3.63) is 0 Å². The number of hydrogen-bond donors (Lipinski definition) is 0. The second-order valence-electron chi connectivity index (χ2n) is 0.866. The summed E-state index contributed by atoms with van der Waals surface area (Å²) in [5.41, 5.74) is 0. The fourth-order valence-corrected chi connectivity index (χ4v) is 0. The van der Waals surface area contributed by atoms with Crippen LogP contribution in [0.4, 0.5) is 0 Å². The fraction of sp³-hybridized carbons (Fsp3) is 1.00. The van der Waals surface area contributed by atoms with E-state index in [1.165, 1.54) is 0 Å². The van der Waals surface area contributed by atoms with Crippen LogP contribution in [0, 0.1) is 0 Å². The number of rotatable bonds is 0. The van der Waals surface area contributed by atoms with E-state index in [9.17, 15) is 0 Å². The minimum Gasteiger partial charge on any atom is -0.116 e. The van der Waals surface area contributed by atoms with E-state index in [0.717, 1.165) is 15.2 Å². The molecule has 4 heavy (non-hydrogen) atoms. The van der Waals surface area contributed by atoms with Gasteiger partial charge in [-0.1, -0.05) is 0 Å². The largest absolute Gasteiger partial charge is 0.195 e. The van der Waals surface area contributed by atoms with Gasteiger partial charge in [-0.05, 0) is 0 Å². The molecule has 0 nitrogen and oxygen atoms in total. The van der Waals surface area contributed by atoms with Gasteiger partial charge in [-0.3, -0.25) is 0 Å². The molecule has 0 saturated carbocycles. The van der Waals surface area contributed by atoms with Gasteiger partial charge >= 0.3 is 0 Å². The molecule has 1 aliphatic heterocycles. The summed E-state index contributed by atoms with van der Waals surface area (Å²) in [6, 6.07) is 0. The number of hydrogen-bond acceptors (Lipinski definition) is 0. The van der Waals surface area contributed by atoms with Gasteiger partial charge in [0.05, 0.1) is 0 Å². The van der Waals surface area contributed by atoms with Crippen LogP contribution in [0.25, 0.3) is 0 Å². The minimum absolute atomic E-state index is 0. The van der Waals surface area contributed by atoms with Crippen LogP contribution < -0.4 is 0 Å². The van der Waals surface area contributed by atoms with Crippen LogP contribution >= 0.6 is 0 Å². The van der Waals surface area contributed by atoms with Gasteiger partial charge in [0.1, 0.15) is 0 Å². The maximum atomic E-state index is 1.58. The van der Waals surface area contributed by atoms with E-state index < -0.39 is 0 Å². The van der Waals surface area contributed by atoms with Crippen LogP contribution in [0.1, 0.15) is 0 Å². The van der Waals surface area contributed by atoms with Crippen LogP contribution in [0.15, 0.2) is 0 Å². The summed E-state index contributed by atoms with van der Waals surface area (Å²) < 4.78 is 0. The SMILES string of the molecule is [CH2]1[CH2][Al]1.[Cu]. The van der Waals surface area contributed by atoms with Crippen LogP contribution in [-0.2, 0) is 17.1 Å². The van der Waals surface area contributed by atoms with Gasteiger partial charge in [0.2, 0.25) is 0 Å². The van der Waals surface area contributed by atoms with Crippen LogP contribution in [0.2, 0.25) is 10.6 Å². The van der Waals surface area contributed by atoms with E-state index >= 15 is 0 Å². The predicted molar refractivity (Wildman–Crippen MR) is 15.4 cm³/mol. The monoisotopic (exact) mass is 118 g/mol. The smallest absolute Gasteiger partial charge is 0.116 e. The van der Waals surface area contributed by atoms with E-state index in [2.05, 4.69) is 0 Å². The molecule has 0 bridgehead atoms. The van der Waals surface area contributed by atoms with E-state index in [1.807, 2.05) is 0 Å². The molecule has 0 aromatic heterocycles. The van der Waals surface area contributed by atoms with Crippen LogP contribution in [0.3, 0.4) is 0 Å². The Morgan fingerprint density at radius 3 is 1.50 bits per heavy atom. The first-order valence-electron chi connectivity index (χ1n) is 1.32. The maximum Gasteiger partial charge on any atom is 0.195 e. The molecular weight excluding hydrogens is 115 g/mol. The predicted octanol–water partition coefficient (Wildman–Crippen LogP) is 0.538. The molecule has 0 spiro atoms. The Hall–Kier alpha value is 1.05. The van der Waals surface area contributed by atoms with Crippen molar-refractivity contribution in [2.75, 3.05) is 0 Å². The van der Waals surface area contributed by atoms with Gasteiger partial charge in [-0.2, -0.15) is 0 Å². The Kier molecular flexibility index (Phi) is 2.90. The standard InChI is InChI=1S/C2H4.Al.Cu/c1-2;;/h1-2H2;;. The van der Waals surface area contributed by atoms with Gasteiger partial charge in [0, 0.05) is 17.1 Å². The zero-order valence-electron chi connectivity index (χ0n) is 2.29. The van der Waals surface area contributed by atoms with Crippen molar-refractivity contribution in [1.82, 2.24) is 0 Å². The molecule has 1 heterocycles. The quantitative estimate of drug-likeness (QED) is 0.408. The first-order valence-corrected chi connectivity index (χ1v) is 2.95. The Morgan fingerprint density at radius 1 is 1.25 bits per heavy atom. The van der Waals surface area contributed by atoms with Crippen molar-refractivity contribution in [2.45, 2.75) is 10.6 Å². The maximum absolute atomic E-state index is 1.58. The van der Waals surface area contributed by atoms with Crippen molar-refractivity contribution >= 4 is 15.2 Å². The molecule has 1 rings (SSSR count). The second kappa shape index (κ2) is 2.30. The van der Waals surface area contributed by atoms with E-state index in [4.69, 9.17) is 0 Å². The Balaban J connectivity index is 0.0000000900. The van der Waals surface area contributed by atoms with Crippen LogP contribution in [-0.4, -0.2) is 15.2 Å². The van der Waals surface area contributed by atoms with Gasteiger partial charge in [0.15, 0.2) is 15.2 Å². The van der Waals surface area contributed by atoms with Gasteiger partial charge in [0.25, 0.3) is 0 Å². The molecular formula is C2H4AlCu. The summed E-state index contributed by atoms with van der Waals surface area (Å²) in [5, 5.41) is 3.17. The van der Waals surface area contributed by atoms with Crippen molar-refractivity contribution < 1.29 is 17.1 Å². The third-order valence-electron chi connectivity index (χ3n) is 0.289. The first-order chi connectivity index (χ1) is 1.50. The molecule has 2 radical (unpaired) electrons. The molecule has 2 heteroatoms. The zero-order valence-corrected chi connectivity index (χ0v) is 4.39. The average molecular weight is 119 g/mol. The molecule has 0 aromatic carbocycles. The first kappa shape index (κ1) is 5.05. The Labute approximate surface area is 43.1 Å². The molecule has 0 N–H and O–H groups in total. The molecule has 1 fully saturated rings. The summed E-state index contributed by atoms with van der Waals surface area (Å²) >= 11 is 1.000. The summed E-state index contributed by atoms with van der Waals surface area (Å²) in [7, 11) is 0. The third kappa shape index (κ3) is 3.05. The van der Waals surface area contributed by atoms with Gasteiger partial charge in [-0.25, -0.2) is 0 Å². The third-order valence-corrected chi connectivity index (χ3v) is 0.866. The Morgan fingerprint density at radius 2 is 1.50 bits per heavy atom. The summed E-state index contributed by atoms with van der Waals surface area (Å²) in [6.45, 7) is 0. The molecule has 0 atom stereocenters. The second-order valence-corrected chi connectivity index (χ2v) is 2.60. The van der Waals surface area contributed by atoms with E-state index in [-0.39, 0.29) is 17.1 Å². The van der Waals surface area contributed by atoms with E-state index in [1.54, 1.807) is 10.6 Å². The van der Waals surface area contributed by atoms with Gasteiger partial charge in [-0.15, -0.1) is 10.6 Å². The van der Waals surface area contributed by atoms with Crippen molar-refractivity contribution in [3.63, 3.8) is 0 Å². The molecule has 0 aliphatic carbocycles. The van der Waals surface area contributed by atoms with Crippen molar-refractivity contribution in [2.24, 2.45) is 0 Å². The van der Waals surface area contributed by atoms with Crippen LogP contribution in [0.5, 0.6) is 0 Å². The molecule has 0 amide bonds. The summed E-state index contributed by atoms with van der Waals surface area (Å²) in [6.07, 6.45) is 0. The molecule has 1 aliphatic rings. The van der Waals surface area contributed by atoms with Gasteiger partial charge < -0.3 is 0 Å². The zero-order chi connectivity index (χ0) is 2.12. The topological polar surface area (TPSA) is 0 Å². The molecule has 26 valence electrons. The normalized spacial score (nSPS) is 16.0. The van der Waals surface area contributed by atoms with Crippen molar-refractivity contribution in [3.8, 4) is 0 Å². The fourth-order valence-electron chi connectivity index (χ4n) is 0. The van der Waals surface area contributed by atoms with E-state index in [0.29, 0.717) is 0 Å². The Bertz CT molecular complexity index is 10.8. The molecule has 1 saturated heterocycles. The average Bonchev–Trinajstić information content (AvgIpc) is 1.46. The minimum atomic E-state index is 0.